The van der Waals surface area contributed by atoms with E-state index < -0.39 is 24.2 Å². The summed E-state index contributed by atoms with van der Waals surface area (Å²) in [5, 5.41) is 7.80. The Kier molecular flexibility index (Phi) is 4.57. The van der Waals surface area contributed by atoms with E-state index in [4.69, 9.17) is 9.90 Å². The third-order valence-electron chi connectivity index (χ3n) is 10.3. The summed E-state index contributed by atoms with van der Waals surface area (Å²) in [4.78, 5) is 0. The molecule has 1 heteroatoms. The Morgan fingerprint density at radius 3 is 1.61 bits per heavy atom. The van der Waals surface area contributed by atoms with Crippen LogP contribution in [0.1, 0.15) is 11.0 Å². The number of hydrogen-bond donors (Lipinski definition) is 0. The Balaban J connectivity index is 1.42. The average Bonchev–Trinajstić information content (AvgIpc) is 3.64. The van der Waals surface area contributed by atoms with Gasteiger partial charge in [0.25, 0.3) is 0 Å². The van der Waals surface area contributed by atoms with Crippen LogP contribution in [0.5, 0.6) is 0 Å². The normalized spacial score (nSPS) is 14.1. The van der Waals surface area contributed by atoms with Gasteiger partial charge in [0.1, 0.15) is 11.2 Å². The molecule has 51 heavy (non-hydrogen) atoms. The fourth-order valence-electron chi connectivity index (χ4n) is 8.09. The van der Waals surface area contributed by atoms with Crippen molar-refractivity contribution in [2.75, 3.05) is 0 Å². The van der Waals surface area contributed by atoms with Crippen LogP contribution in [-0.2, 0) is 0 Å². The van der Waals surface area contributed by atoms with Gasteiger partial charge < -0.3 is 4.42 Å². The predicted molar refractivity (Wildman–Crippen MR) is 218 cm³/mol. The second-order valence-corrected chi connectivity index (χ2v) is 13.0. The molecule has 0 saturated heterocycles. The van der Waals surface area contributed by atoms with Crippen molar-refractivity contribution in [1.29, 1.82) is 0 Å². The van der Waals surface area contributed by atoms with Crippen LogP contribution in [0.25, 0.3) is 109 Å². The van der Waals surface area contributed by atoms with Crippen molar-refractivity contribution in [2.45, 2.75) is 0 Å². The molecule has 0 unspecified atom stereocenters. The highest BCUT2D eigenvalue weighted by molar-refractivity contribution is 6.28. The Bertz CT molecular complexity index is 3580. The standard InChI is InChI=1S/C50H30O/c1-2-16-34-30-46-44(29-33(34)15-1)48-40(25-12-26-45(48)51-46)43-28-27-32-14-4-6-19-36(32)49(43)50-41-22-9-7-20-38(41)47(39-21-8-10-23-42(39)50)37-24-11-17-31-13-3-5-18-35(31)37/h1-30H/i7D,8D,9D,10D,20D,21D,22D,23D. The minimum atomic E-state index is -0.440. The largest absolute Gasteiger partial charge is 0.456 e. The Labute approximate surface area is 305 Å². The molecule has 0 atom stereocenters. The van der Waals surface area contributed by atoms with Crippen LogP contribution in [0.3, 0.4) is 0 Å². The smallest absolute Gasteiger partial charge is 0.136 e. The molecular formula is C50H30O. The highest BCUT2D eigenvalue weighted by Gasteiger charge is 2.23. The van der Waals surface area contributed by atoms with Crippen molar-refractivity contribution in [1.82, 2.24) is 0 Å². The summed E-state index contributed by atoms with van der Waals surface area (Å²) in [6.07, 6.45) is 0. The molecule has 236 valence electrons. The number of rotatable bonds is 3. The fraction of sp³-hybridized carbons (Fsp3) is 0. The van der Waals surface area contributed by atoms with E-state index in [1.807, 2.05) is 121 Å². The highest BCUT2D eigenvalue weighted by atomic mass is 16.3. The quantitative estimate of drug-likeness (QED) is 0.173. The number of furan rings is 1. The zero-order chi connectivity index (χ0) is 40.4. The lowest BCUT2D eigenvalue weighted by molar-refractivity contribution is 0.669. The van der Waals surface area contributed by atoms with Crippen LogP contribution in [0, 0.1) is 0 Å². The molecule has 0 aliphatic carbocycles. The van der Waals surface area contributed by atoms with Crippen LogP contribution >= 0.6 is 0 Å². The maximum Gasteiger partial charge on any atom is 0.136 e. The van der Waals surface area contributed by atoms with Gasteiger partial charge in [-0.25, -0.2) is 0 Å². The first-order valence-electron chi connectivity index (χ1n) is 20.9. The Morgan fingerprint density at radius 2 is 0.882 bits per heavy atom. The van der Waals surface area contributed by atoms with E-state index in [0.717, 1.165) is 48.7 Å². The van der Waals surface area contributed by atoms with E-state index in [0.29, 0.717) is 39.0 Å². The molecular weight excluding hydrogens is 617 g/mol. The van der Waals surface area contributed by atoms with Crippen molar-refractivity contribution < 1.29 is 15.4 Å². The Morgan fingerprint density at radius 1 is 0.333 bits per heavy atom. The maximum absolute atomic E-state index is 9.71. The molecule has 0 N–H and O–H groups in total. The molecule has 11 rings (SSSR count). The molecule has 0 aliphatic rings. The van der Waals surface area contributed by atoms with Crippen molar-refractivity contribution in [3.05, 3.63) is 182 Å². The average molecular weight is 655 g/mol. The zero-order valence-electron chi connectivity index (χ0n) is 35.1. The lowest BCUT2D eigenvalue weighted by atomic mass is 9.81. The van der Waals surface area contributed by atoms with Crippen LogP contribution in [-0.4, -0.2) is 0 Å². The summed E-state index contributed by atoms with van der Waals surface area (Å²) in [6.45, 7) is 0. The van der Waals surface area contributed by atoms with Crippen LogP contribution in [0.2, 0.25) is 0 Å². The molecule has 1 aromatic heterocycles. The molecule has 0 saturated carbocycles. The van der Waals surface area contributed by atoms with Gasteiger partial charge in [-0.05, 0) is 105 Å². The molecule has 0 spiro atoms. The van der Waals surface area contributed by atoms with Crippen molar-refractivity contribution in [3.8, 4) is 33.4 Å². The minimum Gasteiger partial charge on any atom is -0.456 e. The minimum absolute atomic E-state index is 0.171. The van der Waals surface area contributed by atoms with Gasteiger partial charge in [-0.3, -0.25) is 0 Å². The van der Waals surface area contributed by atoms with E-state index in [2.05, 4.69) is 12.1 Å². The second kappa shape index (κ2) is 10.9. The molecule has 1 nitrogen and oxygen atoms in total. The molecule has 11 aromatic rings. The lowest BCUT2D eigenvalue weighted by Crippen LogP contribution is -1.94. The van der Waals surface area contributed by atoms with E-state index in [-0.39, 0.29) is 45.7 Å². The summed E-state index contributed by atoms with van der Waals surface area (Å²) < 4.78 is 81.3. The van der Waals surface area contributed by atoms with Crippen LogP contribution in [0.4, 0.5) is 0 Å². The first-order valence-corrected chi connectivity index (χ1v) is 16.9. The molecule has 10 aromatic carbocycles. The van der Waals surface area contributed by atoms with Gasteiger partial charge in [0.05, 0.1) is 11.0 Å². The summed E-state index contributed by atoms with van der Waals surface area (Å²) in [7, 11) is 0. The first-order chi connectivity index (χ1) is 28.6. The number of benzene rings is 10. The molecule has 0 radical (unpaired) electrons. The van der Waals surface area contributed by atoms with Crippen molar-refractivity contribution >= 4 is 75.8 Å². The summed E-state index contributed by atoms with van der Waals surface area (Å²) in [5.41, 5.74) is 4.71. The maximum atomic E-state index is 9.71. The molecule has 0 fully saturated rings. The van der Waals surface area contributed by atoms with E-state index in [1.54, 1.807) is 0 Å². The monoisotopic (exact) mass is 654 g/mol. The second-order valence-electron chi connectivity index (χ2n) is 13.0. The van der Waals surface area contributed by atoms with Crippen LogP contribution < -0.4 is 0 Å². The van der Waals surface area contributed by atoms with E-state index in [9.17, 15) is 5.48 Å². The highest BCUT2D eigenvalue weighted by Crippen LogP contribution is 2.50. The third kappa shape index (κ3) is 4.16. The van der Waals surface area contributed by atoms with Gasteiger partial charge in [-0.1, -0.05) is 164 Å². The van der Waals surface area contributed by atoms with Gasteiger partial charge in [0.2, 0.25) is 0 Å². The van der Waals surface area contributed by atoms with E-state index in [1.165, 1.54) is 0 Å². The van der Waals surface area contributed by atoms with E-state index >= 15 is 0 Å². The van der Waals surface area contributed by atoms with Gasteiger partial charge in [-0.2, -0.15) is 0 Å². The topological polar surface area (TPSA) is 13.1 Å². The summed E-state index contributed by atoms with van der Waals surface area (Å²) >= 11 is 0. The SMILES string of the molecule is [2H]c1c([2H])c([2H])c2c(-c3c(-c4cccc5oc6cc7ccccc7cc6c45)ccc4ccccc34)c3c([2H])c([2H])c([2H])c([2H])c3c(-c3cccc4ccccc34)c2c1[2H]. The summed E-state index contributed by atoms with van der Waals surface area (Å²) in [6, 6.07) is 40.3. The fourth-order valence-corrected chi connectivity index (χ4v) is 8.09. The van der Waals surface area contributed by atoms with Gasteiger partial charge in [0, 0.05) is 10.8 Å². The zero-order valence-corrected chi connectivity index (χ0v) is 27.1. The van der Waals surface area contributed by atoms with Gasteiger partial charge in [0.15, 0.2) is 0 Å². The molecule has 0 bridgehead atoms. The lowest BCUT2D eigenvalue weighted by Gasteiger charge is -2.22. The van der Waals surface area contributed by atoms with Crippen LogP contribution in [0.15, 0.2) is 186 Å². The molecule has 0 amide bonds. The number of hydrogen-bond acceptors (Lipinski definition) is 1. The molecule has 0 aliphatic heterocycles. The number of fused-ring (bicyclic) bond motifs is 8. The summed E-state index contributed by atoms with van der Waals surface area (Å²) in [5.74, 6) is 0. The third-order valence-corrected chi connectivity index (χ3v) is 10.3. The molecule has 1 heterocycles. The van der Waals surface area contributed by atoms with Gasteiger partial charge >= 0.3 is 0 Å². The van der Waals surface area contributed by atoms with Crippen molar-refractivity contribution in [3.63, 3.8) is 0 Å². The Hall–Kier alpha value is -6.70. The van der Waals surface area contributed by atoms with Crippen molar-refractivity contribution in [2.24, 2.45) is 0 Å². The first kappa shape index (κ1) is 21.4. The predicted octanol–water partition coefficient (Wildman–Crippen LogP) is 14.4. The van der Waals surface area contributed by atoms with Gasteiger partial charge in [-0.15, -0.1) is 0 Å².